The highest BCUT2D eigenvalue weighted by molar-refractivity contribution is 5.74. The number of anilines is 2. The van der Waals surface area contributed by atoms with Crippen molar-refractivity contribution < 1.29 is 4.79 Å². The summed E-state index contributed by atoms with van der Waals surface area (Å²) in [6.07, 6.45) is 2.36. The van der Waals surface area contributed by atoms with Crippen molar-refractivity contribution >= 4 is 17.3 Å². The molecule has 1 N–H and O–H groups in total. The maximum Gasteiger partial charge on any atom is 0.219 e. The summed E-state index contributed by atoms with van der Waals surface area (Å²) < 4.78 is 0. The second-order valence-electron chi connectivity index (χ2n) is 5.33. The van der Waals surface area contributed by atoms with Crippen molar-refractivity contribution in [3.63, 3.8) is 0 Å². The number of hydrogen-bond donors (Lipinski definition) is 1. The van der Waals surface area contributed by atoms with Gasteiger partial charge in [0, 0.05) is 51.0 Å². The summed E-state index contributed by atoms with van der Waals surface area (Å²) in [5.41, 5.74) is 4.09. The number of carbonyl (C=O) groups is 1. The molecule has 0 unspecified atom stereocenters. The van der Waals surface area contributed by atoms with E-state index in [9.17, 15) is 4.79 Å². The third-order valence-electron chi connectivity index (χ3n) is 4.14. The van der Waals surface area contributed by atoms with Gasteiger partial charge in [-0.25, -0.2) is 0 Å². The first kappa shape index (κ1) is 12.3. The van der Waals surface area contributed by atoms with Crippen molar-refractivity contribution in [1.29, 1.82) is 0 Å². The predicted octanol–water partition coefficient (Wildman–Crippen LogP) is 1.71. The van der Waals surface area contributed by atoms with Gasteiger partial charge in [-0.05, 0) is 30.5 Å². The smallest absolute Gasteiger partial charge is 0.219 e. The van der Waals surface area contributed by atoms with Gasteiger partial charge in [0.05, 0.1) is 0 Å². The maximum absolute atomic E-state index is 11.4. The quantitative estimate of drug-likeness (QED) is 0.834. The number of nitrogens with zero attached hydrogens (tertiary/aromatic N) is 2. The standard InChI is InChI=1S/C15H21N3O/c1-12(19)17-8-10-18(11-9-17)15-6-2-5-14-13(15)4-3-7-16-14/h2,5-6,16H,3-4,7-11H2,1H3. The summed E-state index contributed by atoms with van der Waals surface area (Å²) in [6.45, 7) is 6.30. The number of hydrogen-bond acceptors (Lipinski definition) is 3. The first-order valence-electron chi connectivity index (χ1n) is 7.12. The van der Waals surface area contributed by atoms with E-state index in [1.165, 1.54) is 23.4 Å². The molecule has 2 aliphatic heterocycles. The van der Waals surface area contributed by atoms with Crippen molar-refractivity contribution in [2.45, 2.75) is 19.8 Å². The molecule has 2 aliphatic rings. The summed E-state index contributed by atoms with van der Waals surface area (Å²) in [4.78, 5) is 15.7. The predicted molar refractivity (Wildman–Crippen MR) is 77.7 cm³/mol. The maximum atomic E-state index is 11.4. The SMILES string of the molecule is CC(=O)N1CCN(c2cccc3c2CCCN3)CC1. The van der Waals surface area contributed by atoms with E-state index in [2.05, 4.69) is 28.4 Å². The largest absolute Gasteiger partial charge is 0.385 e. The van der Waals surface area contributed by atoms with Crippen LogP contribution in [0.2, 0.25) is 0 Å². The van der Waals surface area contributed by atoms with E-state index in [-0.39, 0.29) is 5.91 Å². The summed E-state index contributed by atoms with van der Waals surface area (Å²) in [5.74, 6) is 0.191. The number of nitrogens with one attached hydrogen (secondary N) is 1. The first-order valence-corrected chi connectivity index (χ1v) is 7.12. The molecule has 4 nitrogen and oxygen atoms in total. The van der Waals surface area contributed by atoms with Gasteiger partial charge >= 0.3 is 0 Å². The fourth-order valence-electron chi connectivity index (χ4n) is 3.05. The van der Waals surface area contributed by atoms with Gasteiger partial charge in [-0.15, -0.1) is 0 Å². The minimum absolute atomic E-state index is 0.191. The summed E-state index contributed by atoms with van der Waals surface area (Å²) in [7, 11) is 0. The molecule has 1 fully saturated rings. The Balaban J connectivity index is 1.78. The van der Waals surface area contributed by atoms with Crippen molar-refractivity contribution in [3.8, 4) is 0 Å². The van der Waals surface area contributed by atoms with Crippen LogP contribution in [0, 0.1) is 0 Å². The minimum atomic E-state index is 0.191. The monoisotopic (exact) mass is 259 g/mol. The molecule has 0 aliphatic carbocycles. The molecule has 0 spiro atoms. The van der Waals surface area contributed by atoms with Crippen LogP contribution in [0.3, 0.4) is 0 Å². The van der Waals surface area contributed by atoms with Crippen LogP contribution in [0.4, 0.5) is 11.4 Å². The van der Waals surface area contributed by atoms with Gasteiger partial charge in [-0.2, -0.15) is 0 Å². The van der Waals surface area contributed by atoms with E-state index >= 15 is 0 Å². The lowest BCUT2D eigenvalue weighted by atomic mass is 10.0. The Hall–Kier alpha value is -1.71. The van der Waals surface area contributed by atoms with Crippen LogP contribution in [0.5, 0.6) is 0 Å². The zero-order valence-corrected chi connectivity index (χ0v) is 11.5. The van der Waals surface area contributed by atoms with Crippen LogP contribution < -0.4 is 10.2 Å². The Labute approximate surface area is 114 Å². The summed E-state index contributed by atoms with van der Waals surface area (Å²) >= 11 is 0. The highest BCUT2D eigenvalue weighted by atomic mass is 16.2. The van der Waals surface area contributed by atoms with Gasteiger partial charge in [-0.3, -0.25) is 4.79 Å². The lowest BCUT2D eigenvalue weighted by Gasteiger charge is -2.37. The van der Waals surface area contributed by atoms with Crippen molar-refractivity contribution in [3.05, 3.63) is 23.8 Å². The molecule has 0 atom stereocenters. The Morgan fingerprint density at radius 3 is 2.74 bits per heavy atom. The molecule has 0 radical (unpaired) electrons. The number of benzene rings is 1. The van der Waals surface area contributed by atoms with Crippen molar-refractivity contribution in [2.75, 3.05) is 42.9 Å². The second kappa shape index (κ2) is 5.11. The van der Waals surface area contributed by atoms with Crippen LogP contribution in [-0.2, 0) is 11.2 Å². The fraction of sp³-hybridized carbons (Fsp3) is 0.533. The zero-order chi connectivity index (χ0) is 13.2. The lowest BCUT2D eigenvalue weighted by molar-refractivity contribution is -0.129. The number of piperazine rings is 1. The molecule has 102 valence electrons. The molecule has 0 aromatic heterocycles. The molecule has 2 heterocycles. The van der Waals surface area contributed by atoms with E-state index in [1.807, 2.05) is 4.90 Å². The number of fused-ring (bicyclic) bond motifs is 1. The number of carbonyl (C=O) groups excluding carboxylic acids is 1. The average molecular weight is 259 g/mol. The fourth-order valence-corrected chi connectivity index (χ4v) is 3.05. The van der Waals surface area contributed by atoms with E-state index in [1.54, 1.807) is 6.92 Å². The van der Waals surface area contributed by atoms with Gasteiger partial charge in [0.25, 0.3) is 0 Å². The minimum Gasteiger partial charge on any atom is -0.385 e. The van der Waals surface area contributed by atoms with Crippen LogP contribution >= 0.6 is 0 Å². The molecule has 1 saturated heterocycles. The Morgan fingerprint density at radius 1 is 1.21 bits per heavy atom. The molecule has 1 aromatic carbocycles. The van der Waals surface area contributed by atoms with Crippen LogP contribution in [0.25, 0.3) is 0 Å². The van der Waals surface area contributed by atoms with Crippen LogP contribution in [0.15, 0.2) is 18.2 Å². The summed E-state index contributed by atoms with van der Waals surface area (Å²) in [6, 6.07) is 6.52. The molecular weight excluding hydrogens is 238 g/mol. The topological polar surface area (TPSA) is 35.6 Å². The third kappa shape index (κ3) is 2.39. The van der Waals surface area contributed by atoms with Crippen LogP contribution in [0.1, 0.15) is 18.9 Å². The highest BCUT2D eigenvalue weighted by Gasteiger charge is 2.22. The first-order chi connectivity index (χ1) is 9.25. The van der Waals surface area contributed by atoms with E-state index in [0.717, 1.165) is 39.1 Å². The molecule has 1 aromatic rings. The van der Waals surface area contributed by atoms with Gasteiger partial charge < -0.3 is 15.1 Å². The molecule has 0 bridgehead atoms. The van der Waals surface area contributed by atoms with Gasteiger partial charge in [0.1, 0.15) is 0 Å². The number of rotatable bonds is 1. The Bertz CT molecular complexity index is 478. The molecule has 0 saturated carbocycles. The van der Waals surface area contributed by atoms with E-state index < -0.39 is 0 Å². The molecule has 1 amide bonds. The Kier molecular flexibility index (Phi) is 3.32. The van der Waals surface area contributed by atoms with Gasteiger partial charge in [0.2, 0.25) is 5.91 Å². The van der Waals surface area contributed by atoms with Crippen molar-refractivity contribution in [2.24, 2.45) is 0 Å². The lowest BCUT2D eigenvalue weighted by Crippen LogP contribution is -2.48. The van der Waals surface area contributed by atoms with E-state index in [4.69, 9.17) is 0 Å². The third-order valence-corrected chi connectivity index (χ3v) is 4.14. The average Bonchev–Trinajstić information content (AvgIpc) is 2.47. The van der Waals surface area contributed by atoms with Gasteiger partial charge in [-0.1, -0.05) is 6.07 Å². The Morgan fingerprint density at radius 2 is 2.00 bits per heavy atom. The second-order valence-corrected chi connectivity index (χ2v) is 5.33. The van der Waals surface area contributed by atoms with Crippen LogP contribution in [-0.4, -0.2) is 43.5 Å². The van der Waals surface area contributed by atoms with Gasteiger partial charge in [0.15, 0.2) is 0 Å². The number of amides is 1. The zero-order valence-electron chi connectivity index (χ0n) is 11.5. The highest BCUT2D eigenvalue weighted by Crippen LogP contribution is 2.31. The normalized spacial score (nSPS) is 18.8. The molecule has 4 heteroatoms. The molecule has 3 rings (SSSR count). The summed E-state index contributed by atoms with van der Waals surface area (Å²) in [5, 5.41) is 3.48. The van der Waals surface area contributed by atoms with Crippen molar-refractivity contribution in [1.82, 2.24) is 4.90 Å². The molecular formula is C15H21N3O. The van der Waals surface area contributed by atoms with E-state index in [0.29, 0.717) is 0 Å². The molecule has 19 heavy (non-hydrogen) atoms.